The van der Waals surface area contributed by atoms with Gasteiger partial charge < -0.3 is 9.52 Å². The van der Waals surface area contributed by atoms with Crippen LogP contribution >= 0.6 is 0 Å². The zero-order valence-corrected chi connectivity index (χ0v) is 20.1. The molecule has 1 aliphatic heterocycles. The molecule has 2 aromatic heterocycles. The first kappa shape index (κ1) is 25.0. The summed E-state index contributed by atoms with van der Waals surface area (Å²) in [6.45, 7) is 0.152. The SMILES string of the molecule is O=C(CCc1ccnc(-c2cc(F)c(F)cc2O)c1)C1CCCN1S(=O)(=O)c1cc2cc(F)ccc2o1. The van der Waals surface area contributed by atoms with Gasteiger partial charge in [-0.1, -0.05) is 0 Å². The number of sulfonamides is 1. The number of halogens is 3. The van der Waals surface area contributed by atoms with Gasteiger partial charge in [0.05, 0.1) is 11.7 Å². The minimum absolute atomic E-state index is 0.00542. The lowest BCUT2D eigenvalue weighted by Gasteiger charge is -2.21. The van der Waals surface area contributed by atoms with E-state index in [0.29, 0.717) is 29.9 Å². The normalized spacial score (nSPS) is 16.5. The van der Waals surface area contributed by atoms with Crippen molar-refractivity contribution in [1.29, 1.82) is 0 Å². The number of aryl methyl sites for hydroxylation is 1. The van der Waals surface area contributed by atoms with Crippen LogP contribution in [0.3, 0.4) is 0 Å². The minimum Gasteiger partial charge on any atom is -0.507 e. The van der Waals surface area contributed by atoms with E-state index in [9.17, 15) is 31.5 Å². The van der Waals surface area contributed by atoms with Crippen molar-refractivity contribution < 1.29 is 35.9 Å². The predicted octanol–water partition coefficient (Wildman–Crippen LogP) is 4.97. The topological polar surface area (TPSA) is 101 Å². The van der Waals surface area contributed by atoms with Gasteiger partial charge >= 0.3 is 0 Å². The molecule has 0 bridgehead atoms. The van der Waals surface area contributed by atoms with Crippen LogP contribution in [0.2, 0.25) is 0 Å². The molecule has 1 atom stereocenters. The van der Waals surface area contributed by atoms with Gasteiger partial charge in [0.25, 0.3) is 10.0 Å². The van der Waals surface area contributed by atoms with Crippen LogP contribution in [0.5, 0.6) is 5.75 Å². The summed E-state index contributed by atoms with van der Waals surface area (Å²) in [6.07, 6.45) is 2.55. The first-order valence-corrected chi connectivity index (χ1v) is 12.9. The monoisotopic (exact) mass is 530 g/mol. The van der Waals surface area contributed by atoms with Crippen LogP contribution in [0.15, 0.2) is 64.2 Å². The second-order valence-electron chi connectivity index (χ2n) is 8.82. The smallest absolute Gasteiger partial charge is 0.277 e. The second-order valence-corrected chi connectivity index (χ2v) is 10.6. The Hall–Kier alpha value is -3.70. The van der Waals surface area contributed by atoms with Gasteiger partial charge in [-0.3, -0.25) is 9.78 Å². The number of pyridine rings is 1. The van der Waals surface area contributed by atoms with Crippen molar-refractivity contribution in [1.82, 2.24) is 9.29 Å². The summed E-state index contributed by atoms with van der Waals surface area (Å²) in [5.41, 5.74) is 1.08. The Morgan fingerprint density at radius 2 is 1.86 bits per heavy atom. The number of hydrogen-bond donors (Lipinski definition) is 1. The summed E-state index contributed by atoms with van der Waals surface area (Å²) < 4.78 is 73.6. The number of fused-ring (bicyclic) bond motifs is 1. The molecule has 4 aromatic rings. The molecule has 11 heteroatoms. The molecule has 0 saturated carbocycles. The highest BCUT2D eigenvalue weighted by atomic mass is 32.2. The summed E-state index contributed by atoms with van der Waals surface area (Å²) in [6, 6.07) is 8.77. The molecular weight excluding hydrogens is 509 g/mol. The van der Waals surface area contributed by atoms with Gasteiger partial charge in [0, 0.05) is 42.2 Å². The van der Waals surface area contributed by atoms with Crippen LogP contribution in [0.25, 0.3) is 22.2 Å². The van der Waals surface area contributed by atoms with Crippen LogP contribution in [-0.4, -0.2) is 41.2 Å². The van der Waals surface area contributed by atoms with Gasteiger partial charge in [-0.05, 0) is 61.2 Å². The van der Waals surface area contributed by atoms with Crippen molar-refractivity contribution in [3.8, 4) is 17.0 Å². The fourth-order valence-corrected chi connectivity index (χ4v) is 6.16. The molecule has 0 spiro atoms. The Morgan fingerprint density at radius 3 is 2.68 bits per heavy atom. The average Bonchev–Trinajstić information content (AvgIpc) is 3.53. The zero-order chi connectivity index (χ0) is 26.3. The number of aromatic nitrogens is 1. The molecule has 37 heavy (non-hydrogen) atoms. The molecule has 0 amide bonds. The number of benzene rings is 2. The van der Waals surface area contributed by atoms with Crippen LogP contribution in [-0.2, 0) is 21.2 Å². The number of rotatable bonds is 7. The number of aromatic hydroxyl groups is 1. The Bertz CT molecular complexity index is 1620. The van der Waals surface area contributed by atoms with E-state index in [1.807, 2.05) is 0 Å². The maximum absolute atomic E-state index is 13.7. The number of phenols is 1. The molecule has 1 N–H and O–H groups in total. The Morgan fingerprint density at radius 1 is 1.08 bits per heavy atom. The zero-order valence-electron chi connectivity index (χ0n) is 19.3. The Kier molecular flexibility index (Phi) is 6.50. The first-order chi connectivity index (χ1) is 17.6. The van der Waals surface area contributed by atoms with Crippen molar-refractivity contribution in [2.45, 2.75) is 36.8 Å². The number of ketones is 1. The van der Waals surface area contributed by atoms with E-state index in [1.165, 1.54) is 30.5 Å². The summed E-state index contributed by atoms with van der Waals surface area (Å²) in [4.78, 5) is 17.2. The second kappa shape index (κ2) is 9.64. The first-order valence-electron chi connectivity index (χ1n) is 11.5. The minimum atomic E-state index is -4.13. The number of carbonyl (C=O) groups is 1. The average molecular weight is 531 g/mol. The van der Waals surface area contributed by atoms with Gasteiger partial charge in [0.2, 0.25) is 5.09 Å². The van der Waals surface area contributed by atoms with Gasteiger partial charge in [-0.2, -0.15) is 4.31 Å². The molecule has 1 saturated heterocycles. The molecule has 192 valence electrons. The van der Waals surface area contributed by atoms with Crippen molar-refractivity contribution in [2.24, 2.45) is 0 Å². The quantitative estimate of drug-likeness (QED) is 0.362. The van der Waals surface area contributed by atoms with Crippen LogP contribution in [0, 0.1) is 17.5 Å². The molecule has 0 radical (unpaired) electrons. The maximum Gasteiger partial charge on any atom is 0.277 e. The number of carbonyl (C=O) groups excluding carboxylic acids is 1. The molecule has 3 heterocycles. The third-order valence-electron chi connectivity index (χ3n) is 6.39. The lowest BCUT2D eigenvalue weighted by atomic mass is 10.0. The van der Waals surface area contributed by atoms with E-state index in [-0.39, 0.29) is 47.1 Å². The highest BCUT2D eigenvalue weighted by molar-refractivity contribution is 7.89. The van der Waals surface area contributed by atoms with E-state index >= 15 is 0 Å². The number of hydrogen-bond acceptors (Lipinski definition) is 6. The van der Waals surface area contributed by atoms with E-state index in [1.54, 1.807) is 12.1 Å². The summed E-state index contributed by atoms with van der Waals surface area (Å²) >= 11 is 0. The molecule has 2 aromatic carbocycles. The largest absolute Gasteiger partial charge is 0.507 e. The van der Waals surface area contributed by atoms with E-state index in [2.05, 4.69) is 4.98 Å². The number of phenolic OH excluding ortho intramolecular Hbond substituents is 1. The standard InChI is InChI=1S/C26H21F3N2O5S/c27-17-4-6-25-16(11-17)12-26(36-25)37(34,35)31-9-1-2-22(31)23(32)5-3-15-7-8-30-21(10-15)18-13-19(28)20(29)14-24(18)33/h4,6-8,10-14,22,33H,1-3,5,9H2. The lowest BCUT2D eigenvalue weighted by molar-refractivity contribution is -0.122. The van der Waals surface area contributed by atoms with E-state index in [4.69, 9.17) is 4.42 Å². The van der Waals surface area contributed by atoms with E-state index < -0.39 is 39.3 Å². The summed E-state index contributed by atoms with van der Waals surface area (Å²) in [7, 11) is -4.13. The molecular formula is C26H21F3N2O5S. The number of Topliss-reactive ketones (excluding diaryl/α,β-unsaturated/α-hetero) is 1. The molecule has 1 aliphatic rings. The van der Waals surface area contributed by atoms with Gasteiger partial charge in [0.1, 0.15) is 17.1 Å². The van der Waals surface area contributed by atoms with Crippen LogP contribution in [0.1, 0.15) is 24.8 Å². The van der Waals surface area contributed by atoms with Crippen molar-refractivity contribution in [3.05, 3.63) is 77.7 Å². The van der Waals surface area contributed by atoms with Crippen molar-refractivity contribution in [2.75, 3.05) is 6.54 Å². The third kappa shape index (κ3) is 4.84. The lowest BCUT2D eigenvalue weighted by Crippen LogP contribution is -2.40. The van der Waals surface area contributed by atoms with Crippen LogP contribution < -0.4 is 0 Å². The van der Waals surface area contributed by atoms with Crippen LogP contribution in [0.4, 0.5) is 13.2 Å². The number of furan rings is 1. The molecule has 5 rings (SSSR count). The molecule has 0 aliphatic carbocycles. The van der Waals surface area contributed by atoms with Gasteiger partial charge in [-0.15, -0.1) is 0 Å². The molecule has 1 fully saturated rings. The summed E-state index contributed by atoms with van der Waals surface area (Å²) in [5.74, 6) is -3.59. The molecule has 7 nitrogen and oxygen atoms in total. The predicted molar refractivity (Wildman–Crippen MR) is 128 cm³/mol. The summed E-state index contributed by atoms with van der Waals surface area (Å²) in [5, 5.41) is 9.95. The van der Waals surface area contributed by atoms with Crippen molar-refractivity contribution in [3.63, 3.8) is 0 Å². The van der Waals surface area contributed by atoms with E-state index in [0.717, 1.165) is 10.4 Å². The Balaban J connectivity index is 1.32. The fraction of sp³-hybridized carbons (Fsp3) is 0.231. The Labute approximate surface area is 210 Å². The maximum atomic E-state index is 13.7. The van der Waals surface area contributed by atoms with Gasteiger partial charge in [0.15, 0.2) is 17.4 Å². The third-order valence-corrected chi connectivity index (χ3v) is 8.16. The van der Waals surface area contributed by atoms with Gasteiger partial charge in [-0.25, -0.2) is 21.6 Å². The molecule has 1 unspecified atom stereocenters. The highest BCUT2D eigenvalue weighted by Gasteiger charge is 2.40. The fourth-order valence-electron chi connectivity index (χ4n) is 4.53. The number of nitrogens with zero attached hydrogens (tertiary/aromatic N) is 2. The highest BCUT2D eigenvalue weighted by Crippen LogP contribution is 2.32. The van der Waals surface area contributed by atoms with Crippen molar-refractivity contribution >= 4 is 26.8 Å².